The molecule has 3 N–H and O–H groups in total. The van der Waals surface area contributed by atoms with Crippen LogP contribution in [0.15, 0.2) is 12.3 Å². The minimum absolute atomic E-state index is 0.00580. The summed E-state index contributed by atoms with van der Waals surface area (Å²) in [6, 6.07) is 2.09. The molecule has 3 aliphatic rings. The van der Waals surface area contributed by atoms with Crippen molar-refractivity contribution in [2.75, 3.05) is 6.61 Å². The van der Waals surface area contributed by atoms with Gasteiger partial charge < -0.3 is 20.4 Å². The van der Waals surface area contributed by atoms with E-state index in [2.05, 4.69) is 5.32 Å². The average molecular weight is 296 g/mol. The molecule has 2 saturated carbocycles. The lowest BCUT2D eigenvalue weighted by molar-refractivity contribution is -0.0162. The molecule has 108 valence electrons. The van der Waals surface area contributed by atoms with E-state index in [4.69, 9.17) is 22.1 Å². The standard InChI is InChI=1S/C14H18ClN3O2/c15-7-5-10(18(6-7)8-1-2-8)14(19)17-12-11(16)9-3-4-20-13(9)12/h5-6,8-9,11-13H,1-4,16H2,(H,17,19). The van der Waals surface area contributed by atoms with Gasteiger partial charge in [0.25, 0.3) is 5.91 Å². The number of nitrogens with two attached hydrogens (primary N) is 1. The monoisotopic (exact) mass is 295 g/mol. The number of nitrogens with one attached hydrogen (secondary N) is 1. The van der Waals surface area contributed by atoms with Gasteiger partial charge in [0.05, 0.1) is 17.2 Å². The number of rotatable bonds is 3. The van der Waals surface area contributed by atoms with Crippen LogP contribution in [-0.2, 0) is 4.74 Å². The second kappa shape index (κ2) is 4.48. The van der Waals surface area contributed by atoms with Gasteiger partial charge >= 0.3 is 0 Å². The summed E-state index contributed by atoms with van der Waals surface area (Å²) in [7, 11) is 0. The van der Waals surface area contributed by atoms with Gasteiger partial charge in [0.1, 0.15) is 5.69 Å². The number of carbonyl (C=O) groups is 1. The molecule has 1 saturated heterocycles. The fourth-order valence-corrected chi connectivity index (χ4v) is 3.64. The molecule has 0 spiro atoms. The van der Waals surface area contributed by atoms with Crippen LogP contribution in [0.4, 0.5) is 0 Å². The van der Waals surface area contributed by atoms with Gasteiger partial charge in [0.15, 0.2) is 0 Å². The number of ether oxygens (including phenoxy) is 1. The van der Waals surface area contributed by atoms with E-state index in [0.717, 1.165) is 25.9 Å². The second-order valence-corrected chi connectivity index (χ2v) is 6.48. The molecule has 2 heterocycles. The first-order valence-corrected chi connectivity index (χ1v) is 7.58. The number of halogens is 1. The van der Waals surface area contributed by atoms with Gasteiger partial charge in [-0.3, -0.25) is 4.79 Å². The topological polar surface area (TPSA) is 69.3 Å². The van der Waals surface area contributed by atoms with Crippen molar-refractivity contribution in [2.45, 2.75) is 43.5 Å². The number of carbonyl (C=O) groups excluding carboxylic acids is 1. The van der Waals surface area contributed by atoms with E-state index < -0.39 is 0 Å². The van der Waals surface area contributed by atoms with Gasteiger partial charge in [-0.05, 0) is 25.3 Å². The molecule has 0 radical (unpaired) electrons. The highest BCUT2D eigenvalue weighted by Gasteiger charge is 2.52. The Kier molecular flexibility index (Phi) is 2.84. The fraction of sp³-hybridized carbons (Fsp3) is 0.643. The molecule has 5 nitrogen and oxygen atoms in total. The van der Waals surface area contributed by atoms with E-state index in [1.54, 1.807) is 6.07 Å². The van der Waals surface area contributed by atoms with Gasteiger partial charge in [-0.25, -0.2) is 0 Å². The Balaban J connectivity index is 1.50. The molecular weight excluding hydrogens is 278 g/mol. The highest BCUT2D eigenvalue weighted by molar-refractivity contribution is 6.31. The number of amides is 1. The lowest BCUT2D eigenvalue weighted by Gasteiger charge is -2.45. The Morgan fingerprint density at radius 2 is 2.25 bits per heavy atom. The Hall–Kier alpha value is -1.04. The lowest BCUT2D eigenvalue weighted by Crippen LogP contribution is -2.69. The number of hydrogen-bond acceptors (Lipinski definition) is 3. The largest absolute Gasteiger partial charge is 0.376 e. The van der Waals surface area contributed by atoms with E-state index in [1.165, 1.54) is 0 Å². The molecule has 4 unspecified atom stereocenters. The maximum Gasteiger partial charge on any atom is 0.268 e. The highest BCUT2D eigenvalue weighted by Crippen LogP contribution is 2.39. The first-order chi connectivity index (χ1) is 9.65. The van der Waals surface area contributed by atoms with Crippen LogP contribution in [0, 0.1) is 5.92 Å². The number of hydrogen-bond donors (Lipinski definition) is 2. The molecule has 6 heteroatoms. The summed E-state index contributed by atoms with van der Waals surface area (Å²) in [6.07, 6.45) is 5.16. The van der Waals surface area contributed by atoms with Crippen molar-refractivity contribution in [1.29, 1.82) is 0 Å². The average Bonchev–Trinajstić information content (AvgIpc) is 3.06. The molecule has 2 aliphatic carbocycles. The molecule has 3 fully saturated rings. The summed E-state index contributed by atoms with van der Waals surface area (Å²) in [5.74, 6) is 0.303. The van der Waals surface area contributed by atoms with Crippen LogP contribution < -0.4 is 11.1 Å². The van der Waals surface area contributed by atoms with Crippen LogP contribution in [0.1, 0.15) is 35.8 Å². The Morgan fingerprint density at radius 3 is 3.00 bits per heavy atom. The highest BCUT2D eigenvalue weighted by atomic mass is 35.5. The first kappa shape index (κ1) is 12.7. The van der Waals surface area contributed by atoms with Crippen molar-refractivity contribution in [2.24, 2.45) is 11.7 Å². The van der Waals surface area contributed by atoms with E-state index in [9.17, 15) is 4.79 Å². The van der Waals surface area contributed by atoms with Gasteiger partial charge in [0.2, 0.25) is 0 Å². The molecule has 1 aliphatic heterocycles. The lowest BCUT2D eigenvalue weighted by atomic mass is 9.72. The van der Waals surface area contributed by atoms with Gasteiger partial charge in [0, 0.05) is 30.8 Å². The minimum Gasteiger partial charge on any atom is -0.376 e. The summed E-state index contributed by atoms with van der Waals surface area (Å²) in [5.41, 5.74) is 6.75. The van der Waals surface area contributed by atoms with Crippen LogP contribution in [0.5, 0.6) is 0 Å². The van der Waals surface area contributed by atoms with Crippen LogP contribution in [0.25, 0.3) is 0 Å². The predicted octanol–water partition coefficient (Wildman–Crippen LogP) is 1.32. The SMILES string of the molecule is NC1C2CCOC2C1NC(=O)c1cc(Cl)cn1C1CC1. The zero-order valence-corrected chi connectivity index (χ0v) is 11.8. The van der Waals surface area contributed by atoms with Crippen molar-refractivity contribution in [3.05, 3.63) is 23.0 Å². The summed E-state index contributed by atoms with van der Waals surface area (Å²) in [5, 5.41) is 3.63. The smallest absolute Gasteiger partial charge is 0.268 e. The zero-order valence-electron chi connectivity index (χ0n) is 11.1. The fourth-order valence-electron chi connectivity index (χ4n) is 3.44. The van der Waals surface area contributed by atoms with Gasteiger partial charge in [-0.15, -0.1) is 0 Å². The van der Waals surface area contributed by atoms with Crippen molar-refractivity contribution in [1.82, 2.24) is 9.88 Å². The zero-order chi connectivity index (χ0) is 13.9. The third-order valence-electron chi connectivity index (χ3n) is 4.73. The summed E-state index contributed by atoms with van der Waals surface area (Å²) in [6.45, 7) is 0.750. The summed E-state index contributed by atoms with van der Waals surface area (Å²) in [4.78, 5) is 12.4. The Bertz CT molecular complexity index is 555. The van der Waals surface area contributed by atoms with Crippen molar-refractivity contribution in [3.8, 4) is 0 Å². The van der Waals surface area contributed by atoms with Crippen molar-refractivity contribution >= 4 is 17.5 Å². The van der Waals surface area contributed by atoms with Crippen LogP contribution in [0.2, 0.25) is 5.02 Å². The third-order valence-corrected chi connectivity index (χ3v) is 4.94. The van der Waals surface area contributed by atoms with Crippen LogP contribution in [0.3, 0.4) is 0 Å². The van der Waals surface area contributed by atoms with Gasteiger partial charge in [-0.2, -0.15) is 0 Å². The van der Waals surface area contributed by atoms with E-state index in [0.29, 0.717) is 22.7 Å². The van der Waals surface area contributed by atoms with Gasteiger partial charge in [-0.1, -0.05) is 11.6 Å². The van der Waals surface area contributed by atoms with E-state index in [-0.39, 0.29) is 24.1 Å². The summed E-state index contributed by atoms with van der Waals surface area (Å²) < 4.78 is 7.62. The molecule has 4 rings (SSSR count). The number of nitrogens with zero attached hydrogens (tertiary/aromatic N) is 1. The summed E-state index contributed by atoms with van der Waals surface area (Å²) >= 11 is 6.03. The molecule has 20 heavy (non-hydrogen) atoms. The molecule has 0 bridgehead atoms. The van der Waals surface area contributed by atoms with Crippen molar-refractivity contribution < 1.29 is 9.53 Å². The maximum absolute atomic E-state index is 12.4. The van der Waals surface area contributed by atoms with Crippen LogP contribution >= 0.6 is 11.6 Å². The Morgan fingerprint density at radius 1 is 1.45 bits per heavy atom. The molecule has 0 aromatic carbocycles. The van der Waals surface area contributed by atoms with E-state index >= 15 is 0 Å². The number of aromatic nitrogens is 1. The third kappa shape index (κ3) is 1.88. The molecule has 4 atom stereocenters. The second-order valence-electron chi connectivity index (χ2n) is 6.05. The molecular formula is C14H18ClN3O2. The molecule has 1 aromatic heterocycles. The number of fused-ring (bicyclic) bond motifs is 1. The molecule has 1 amide bonds. The maximum atomic E-state index is 12.4. The predicted molar refractivity (Wildman–Crippen MR) is 74.8 cm³/mol. The first-order valence-electron chi connectivity index (χ1n) is 7.20. The Labute approximate surface area is 122 Å². The van der Waals surface area contributed by atoms with E-state index in [1.807, 2.05) is 10.8 Å². The van der Waals surface area contributed by atoms with Crippen LogP contribution in [-0.4, -0.2) is 35.3 Å². The normalized spacial score (nSPS) is 35.5. The minimum atomic E-state index is -0.0989. The quantitative estimate of drug-likeness (QED) is 0.884. The van der Waals surface area contributed by atoms with Crippen molar-refractivity contribution in [3.63, 3.8) is 0 Å². The molecule has 1 aromatic rings.